The molecule has 0 bridgehead atoms. The maximum atomic E-state index is 8.69. The van der Waals surface area contributed by atoms with Crippen molar-refractivity contribution in [2.75, 3.05) is 11.9 Å². The number of aryl methyl sites for hydroxylation is 1. The van der Waals surface area contributed by atoms with E-state index in [4.69, 9.17) is 5.26 Å². The van der Waals surface area contributed by atoms with E-state index >= 15 is 0 Å². The molecule has 82 valence electrons. The lowest BCUT2D eigenvalue weighted by Crippen LogP contribution is -2.12. The maximum Gasteiger partial charge on any atom is 0.203 e. The lowest BCUT2D eigenvalue weighted by Gasteiger charge is -2.06. The van der Waals surface area contributed by atoms with Crippen LogP contribution >= 0.6 is 0 Å². The average molecular weight is 215 g/mol. The molecule has 5 nitrogen and oxygen atoms in total. The number of hydrogen-bond donors (Lipinski definition) is 1. The Bertz CT molecular complexity index is 537. The number of nitrogens with zero attached hydrogens (tertiary/aromatic N) is 4. The SMILES string of the molecule is CC(C#N)CNc1nc2cnccc2n1C. The molecule has 1 unspecified atom stereocenters. The monoisotopic (exact) mass is 215 g/mol. The third kappa shape index (κ3) is 1.82. The van der Waals surface area contributed by atoms with E-state index in [2.05, 4.69) is 21.4 Å². The Hall–Kier alpha value is -2.09. The Morgan fingerprint density at radius 1 is 1.62 bits per heavy atom. The Balaban J connectivity index is 2.25. The number of hydrogen-bond acceptors (Lipinski definition) is 4. The van der Waals surface area contributed by atoms with Crippen molar-refractivity contribution in [2.45, 2.75) is 6.92 Å². The molecule has 0 aliphatic carbocycles. The summed E-state index contributed by atoms with van der Waals surface area (Å²) < 4.78 is 1.96. The summed E-state index contributed by atoms with van der Waals surface area (Å²) in [5.41, 5.74) is 1.89. The van der Waals surface area contributed by atoms with Crippen molar-refractivity contribution in [1.29, 1.82) is 5.26 Å². The molecule has 0 spiro atoms. The van der Waals surface area contributed by atoms with E-state index < -0.39 is 0 Å². The van der Waals surface area contributed by atoms with Gasteiger partial charge in [-0.25, -0.2) is 4.98 Å². The molecule has 1 atom stereocenters. The summed E-state index contributed by atoms with van der Waals surface area (Å²) in [6.07, 6.45) is 3.47. The van der Waals surface area contributed by atoms with Crippen molar-refractivity contribution in [3.8, 4) is 6.07 Å². The zero-order valence-corrected chi connectivity index (χ0v) is 9.31. The quantitative estimate of drug-likeness (QED) is 0.843. The summed E-state index contributed by atoms with van der Waals surface area (Å²) >= 11 is 0. The van der Waals surface area contributed by atoms with Crippen molar-refractivity contribution >= 4 is 17.0 Å². The fraction of sp³-hybridized carbons (Fsp3) is 0.364. The summed E-state index contributed by atoms with van der Waals surface area (Å²) in [7, 11) is 1.94. The number of imidazole rings is 1. The van der Waals surface area contributed by atoms with Crippen LogP contribution in [0.15, 0.2) is 18.5 Å². The topological polar surface area (TPSA) is 66.5 Å². The van der Waals surface area contributed by atoms with Gasteiger partial charge in [-0.05, 0) is 13.0 Å². The minimum absolute atomic E-state index is 0.0297. The van der Waals surface area contributed by atoms with Crippen molar-refractivity contribution in [1.82, 2.24) is 14.5 Å². The van der Waals surface area contributed by atoms with Crippen LogP contribution in [0.3, 0.4) is 0 Å². The standard InChI is InChI=1S/C11H13N5/c1-8(5-12)6-14-11-15-9-7-13-4-3-10(9)16(11)2/h3-4,7-8H,6H2,1-2H3,(H,14,15). The van der Waals surface area contributed by atoms with Crippen molar-refractivity contribution in [3.05, 3.63) is 18.5 Å². The van der Waals surface area contributed by atoms with Gasteiger partial charge in [-0.15, -0.1) is 0 Å². The first-order valence-corrected chi connectivity index (χ1v) is 5.12. The van der Waals surface area contributed by atoms with Crippen LogP contribution in [0.5, 0.6) is 0 Å². The summed E-state index contributed by atoms with van der Waals surface area (Å²) in [6, 6.07) is 4.09. The average Bonchev–Trinajstić information content (AvgIpc) is 2.64. The highest BCUT2D eigenvalue weighted by Crippen LogP contribution is 2.16. The van der Waals surface area contributed by atoms with Crippen LogP contribution < -0.4 is 5.32 Å². The largest absolute Gasteiger partial charge is 0.354 e. The van der Waals surface area contributed by atoms with E-state index in [0.717, 1.165) is 17.0 Å². The summed E-state index contributed by atoms with van der Waals surface area (Å²) in [4.78, 5) is 8.42. The zero-order chi connectivity index (χ0) is 11.5. The predicted molar refractivity (Wildman–Crippen MR) is 61.8 cm³/mol. The van der Waals surface area contributed by atoms with E-state index in [0.29, 0.717) is 6.54 Å². The van der Waals surface area contributed by atoms with Crippen LogP contribution in [0.4, 0.5) is 5.95 Å². The lowest BCUT2D eigenvalue weighted by atomic mass is 10.2. The van der Waals surface area contributed by atoms with Gasteiger partial charge in [0.1, 0.15) is 5.52 Å². The van der Waals surface area contributed by atoms with Gasteiger partial charge in [-0.2, -0.15) is 5.26 Å². The number of aromatic nitrogens is 3. The van der Waals surface area contributed by atoms with Gasteiger partial charge < -0.3 is 9.88 Å². The minimum atomic E-state index is -0.0297. The molecule has 0 aromatic carbocycles. The van der Waals surface area contributed by atoms with Crippen LogP contribution in [0.2, 0.25) is 0 Å². The first kappa shape index (κ1) is 10.4. The Morgan fingerprint density at radius 2 is 2.44 bits per heavy atom. The second-order valence-corrected chi connectivity index (χ2v) is 3.77. The van der Waals surface area contributed by atoms with E-state index in [1.165, 1.54) is 0 Å². The number of nitrogens with one attached hydrogen (secondary N) is 1. The van der Waals surface area contributed by atoms with Crippen LogP contribution in [-0.4, -0.2) is 21.1 Å². The molecule has 0 aliphatic rings. The van der Waals surface area contributed by atoms with Crippen LogP contribution in [0, 0.1) is 17.2 Å². The van der Waals surface area contributed by atoms with Gasteiger partial charge >= 0.3 is 0 Å². The Labute approximate surface area is 93.7 Å². The van der Waals surface area contributed by atoms with E-state index in [1.807, 2.05) is 24.6 Å². The van der Waals surface area contributed by atoms with Gasteiger partial charge in [0, 0.05) is 19.8 Å². The number of anilines is 1. The van der Waals surface area contributed by atoms with Gasteiger partial charge in [0.25, 0.3) is 0 Å². The summed E-state index contributed by atoms with van der Waals surface area (Å²) in [5.74, 6) is 0.739. The molecule has 5 heteroatoms. The molecule has 0 radical (unpaired) electrons. The van der Waals surface area contributed by atoms with Gasteiger partial charge in [0.15, 0.2) is 0 Å². The molecule has 2 aromatic heterocycles. The molecule has 0 saturated carbocycles. The molecular formula is C11H13N5. The fourth-order valence-electron chi connectivity index (χ4n) is 1.50. The first-order valence-electron chi connectivity index (χ1n) is 5.12. The maximum absolute atomic E-state index is 8.69. The third-order valence-corrected chi connectivity index (χ3v) is 2.47. The first-order chi connectivity index (χ1) is 7.72. The van der Waals surface area contributed by atoms with Crippen LogP contribution in [0.1, 0.15) is 6.92 Å². The molecule has 2 rings (SSSR count). The van der Waals surface area contributed by atoms with Gasteiger partial charge in [0.05, 0.1) is 23.7 Å². The minimum Gasteiger partial charge on any atom is -0.354 e. The number of pyridine rings is 1. The van der Waals surface area contributed by atoms with Gasteiger partial charge in [0.2, 0.25) is 5.95 Å². The third-order valence-electron chi connectivity index (χ3n) is 2.47. The van der Waals surface area contributed by atoms with E-state index in [9.17, 15) is 0 Å². The Kier molecular flexibility index (Phi) is 2.73. The lowest BCUT2D eigenvalue weighted by molar-refractivity contribution is 0.771. The second kappa shape index (κ2) is 4.19. The van der Waals surface area contributed by atoms with Crippen molar-refractivity contribution < 1.29 is 0 Å². The van der Waals surface area contributed by atoms with Crippen LogP contribution in [0.25, 0.3) is 11.0 Å². The molecule has 2 aromatic rings. The van der Waals surface area contributed by atoms with Crippen molar-refractivity contribution in [3.63, 3.8) is 0 Å². The number of rotatable bonds is 3. The molecule has 0 saturated heterocycles. The number of fused-ring (bicyclic) bond motifs is 1. The van der Waals surface area contributed by atoms with Crippen LogP contribution in [-0.2, 0) is 7.05 Å². The van der Waals surface area contributed by atoms with Gasteiger partial charge in [-0.1, -0.05) is 0 Å². The van der Waals surface area contributed by atoms with E-state index in [1.54, 1.807) is 12.4 Å². The molecule has 2 heterocycles. The summed E-state index contributed by atoms with van der Waals surface area (Å²) in [6.45, 7) is 2.47. The summed E-state index contributed by atoms with van der Waals surface area (Å²) in [5, 5.41) is 11.8. The normalized spacial score (nSPS) is 12.3. The zero-order valence-electron chi connectivity index (χ0n) is 9.31. The van der Waals surface area contributed by atoms with Crippen molar-refractivity contribution in [2.24, 2.45) is 13.0 Å². The second-order valence-electron chi connectivity index (χ2n) is 3.77. The molecule has 0 amide bonds. The number of nitriles is 1. The molecule has 1 N–H and O–H groups in total. The highest BCUT2D eigenvalue weighted by Gasteiger charge is 2.07. The molecule has 16 heavy (non-hydrogen) atoms. The Morgan fingerprint density at radius 3 is 3.12 bits per heavy atom. The molecular weight excluding hydrogens is 202 g/mol. The molecule has 0 fully saturated rings. The van der Waals surface area contributed by atoms with E-state index in [-0.39, 0.29) is 5.92 Å². The highest BCUT2D eigenvalue weighted by atomic mass is 15.2. The fourth-order valence-corrected chi connectivity index (χ4v) is 1.50. The predicted octanol–water partition coefficient (Wildman–Crippen LogP) is 1.54. The smallest absolute Gasteiger partial charge is 0.203 e. The van der Waals surface area contributed by atoms with Gasteiger partial charge in [-0.3, -0.25) is 4.98 Å². The molecule has 0 aliphatic heterocycles. The highest BCUT2D eigenvalue weighted by molar-refractivity contribution is 5.77.